The van der Waals surface area contributed by atoms with E-state index in [2.05, 4.69) is 44.7 Å². The van der Waals surface area contributed by atoms with Crippen molar-refractivity contribution < 1.29 is 23.9 Å². The van der Waals surface area contributed by atoms with E-state index in [1.54, 1.807) is 35.0 Å². The summed E-state index contributed by atoms with van der Waals surface area (Å²) in [5.74, 6) is 0.0746. The minimum Gasteiger partial charge on any atom is -0.444 e. The summed E-state index contributed by atoms with van der Waals surface area (Å²) >= 11 is 3.02. The smallest absolute Gasteiger partial charge is 0.407 e. The number of urea groups is 1. The lowest BCUT2D eigenvalue weighted by Crippen LogP contribution is -2.54. The second-order valence-electron chi connectivity index (χ2n) is 14.0. The summed E-state index contributed by atoms with van der Waals surface area (Å²) in [7, 11) is 1.72. The van der Waals surface area contributed by atoms with Gasteiger partial charge in [-0.05, 0) is 43.2 Å². The van der Waals surface area contributed by atoms with Gasteiger partial charge in [0, 0.05) is 56.3 Å². The molecule has 0 spiro atoms. The van der Waals surface area contributed by atoms with Gasteiger partial charge in [-0.3, -0.25) is 14.7 Å². The first-order chi connectivity index (χ1) is 26.2. The molecular formula is C40H53N7O5S2. The predicted molar refractivity (Wildman–Crippen MR) is 213 cm³/mol. The minimum absolute atomic E-state index is 0.150. The third-order valence-corrected chi connectivity index (χ3v) is 11.2. The third-order valence-electron chi connectivity index (χ3n) is 9.27. The van der Waals surface area contributed by atoms with Gasteiger partial charge in [-0.1, -0.05) is 74.5 Å². The number of nitrogens with one attached hydrogen (secondary N) is 3. The summed E-state index contributed by atoms with van der Waals surface area (Å²) in [4.78, 5) is 54.2. The fourth-order valence-electron chi connectivity index (χ4n) is 6.25. The molecule has 3 atom stereocenters. The molecule has 4 amide bonds. The summed E-state index contributed by atoms with van der Waals surface area (Å²) in [6.07, 6.45) is 4.00. The van der Waals surface area contributed by atoms with Crippen LogP contribution in [0.3, 0.4) is 0 Å². The van der Waals surface area contributed by atoms with Crippen molar-refractivity contribution in [3.05, 3.63) is 104 Å². The van der Waals surface area contributed by atoms with Gasteiger partial charge in [0.25, 0.3) is 0 Å². The molecule has 5 rings (SSSR count). The number of alkyl carbamates (subject to hydrolysis) is 1. The normalized spacial score (nSPS) is 14.9. The zero-order valence-corrected chi connectivity index (χ0v) is 33.1. The van der Waals surface area contributed by atoms with Gasteiger partial charge in [-0.25, -0.2) is 14.6 Å². The fraction of sp³-hybridized carbons (Fsp3) is 0.475. The first-order valence-electron chi connectivity index (χ1n) is 18.7. The molecule has 290 valence electrons. The maximum absolute atomic E-state index is 14.2. The maximum atomic E-state index is 14.2. The van der Waals surface area contributed by atoms with Crippen molar-refractivity contribution in [3.63, 3.8) is 0 Å². The van der Waals surface area contributed by atoms with Gasteiger partial charge in [0.15, 0.2) is 0 Å². The number of benzene rings is 2. The van der Waals surface area contributed by atoms with Gasteiger partial charge in [-0.2, -0.15) is 0 Å². The predicted octanol–water partition coefficient (Wildman–Crippen LogP) is 6.00. The van der Waals surface area contributed by atoms with Crippen LogP contribution >= 0.6 is 22.7 Å². The number of aromatic nitrogens is 2. The van der Waals surface area contributed by atoms with E-state index in [9.17, 15) is 14.4 Å². The number of hydrogen-bond donors (Lipinski definition) is 3. The Morgan fingerprint density at radius 2 is 1.54 bits per heavy atom. The Balaban J connectivity index is 1.28. The van der Waals surface area contributed by atoms with Gasteiger partial charge in [0.05, 0.1) is 40.8 Å². The highest BCUT2D eigenvalue weighted by molar-refractivity contribution is 7.09. The molecule has 0 aliphatic carbocycles. The lowest BCUT2D eigenvalue weighted by molar-refractivity contribution is -0.124. The molecule has 54 heavy (non-hydrogen) atoms. The number of ether oxygens (including phenoxy) is 2. The SMILES string of the molecule is CC(C)c1nc(CN(C)C(=O)N[C@@H](CCN2CCOCC2)C(=O)NC(CC[C@H](Cc2ccccc2)NC(=O)OCc2cncs2)Cc2ccccc2)cs1. The van der Waals surface area contributed by atoms with Crippen LogP contribution in [0.2, 0.25) is 0 Å². The van der Waals surface area contributed by atoms with E-state index >= 15 is 0 Å². The molecule has 12 nitrogen and oxygen atoms in total. The van der Waals surface area contributed by atoms with Crippen LogP contribution in [0.25, 0.3) is 0 Å². The van der Waals surface area contributed by atoms with Crippen LogP contribution < -0.4 is 16.0 Å². The number of nitrogens with zero attached hydrogens (tertiary/aromatic N) is 4. The fourth-order valence-corrected chi connectivity index (χ4v) is 7.58. The number of hydrogen-bond acceptors (Lipinski definition) is 10. The molecule has 2 aromatic heterocycles. The molecule has 1 saturated heterocycles. The molecule has 2 aromatic carbocycles. The first kappa shape index (κ1) is 40.8. The molecule has 1 unspecified atom stereocenters. The summed E-state index contributed by atoms with van der Waals surface area (Å²) in [6.45, 7) is 8.19. The Hall–Kier alpha value is -4.37. The van der Waals surface area contributed by atoms with E-state index < -0.39 is 12.1 Å². The van der Waals surface area contributed by atoms with Crippen molar-refractivity contribution in [1.82, 2.24) is 35.7 Å². The molecule has 1 aliphatic heterocycles. The van der Waals surface area contributed by atoms with Crippen LogP contribution in [-0.4, -0.2) is 95.8 Å². The molecule has 0 bridgehead atoms. The zero-order valence-electron chi connectivity index (χ0n) is 31.4. The average Bonchev–Trinajstić information content (AvgIpc) is 3.89. The van der Waals surface area contributed by atoms with E-state index in [0.717, 1.165) is 39.8 Å². The van der Waals surface area contributed by atoms with Crippen molar-refractivity contribution in [1.29, 1.82) is 0 Å². The minimum atomic E-state index is -0.761. The number of carbonyl (C=O) groups excluding carboxylic acids is 3. The van der Waals surface area contributed by atoms with Gasteiger partial charge in [0.1, 0.15) is 12.6 Å². The molecular weight excluding hydrogens is 723 g/mol. The highest BCUT2D eigenvalue weighted by Gasteiger charge is 2.27. The van der Waals surface area contributed by atoms with Gasteiger partial charge in [-0.15, -0.1) is 22.7 Å². The third kappa shape index (κ3) is 13.8. The van der Waals surface area contributed by atoms with E-state index in [1.807, 2.05) is 66.0 Å². The van der Waals surface area contributed by atoms with Crippen molar-refractivity contribution >= 4 is 40.7 Å². The second-order valence-corrected chi connectivity index (χ2v) is 15.8. The summed E-state index contributed by atoms with van der Waals surface area (Å²) < 4.78 is 11.1. The molecule has 14 heteroatoms. The average molecular weight is 776 g/mol. The Morgan fingerprint density at radius 1 is 0.889 bits per heavy atom. The molecule has 4 aromatic rings. The van der Waals surface area contributed by atoms with Crippen LogP contribution in [0, 0.1) is 0 Å². The Kier molecular flexibility index (Phi) is 16.2. The lowest BCUT2D eigenvalue weighted by Gasteiger charge is -2.30. The molecule has 1 fully saturated rings. The molecule has 1 aliphatic rings. The standard InChI is InChI=1S/C40H53N7O5S2/c1-29(2)38-43-34(27-53-38)25-46(3)39(49)45-36(16-17-47-18-20-51-21-19-47)37(48)42-32(22-30-10-6-4-7-11-30)14-15-33(23-31-12-8-5-9-13-31)44-40(50)52-26-35-24-41-28-54-35/h4-13,24,27-29,32-33,36H,14-23,25-26H2,1-3H3,(H,42,48)(H,44,50)(H,45,49)/t32?,33-,36+/m1/s1. The van der Waals surface area contributed by atoms with Crippen molar-refractivity contribution in [2.24, 2.45) is 0 Å². The van der Waals surface area contributed by atoms with Gasteiger partial charge < -0.3 is 30.3 Å². The van der Waals surface area contributed by atoms with E-state index in [0.29, 0.717) is 64.3 Å². The number of rotatable bonds is 19. The Morgan fingerprint density at radius 3 is 2.13 bits per heavy atom. The Bertz CT molecular complexity index is 1700. The van der Waals surface area contributed by atoms with Crippen LogP contribution in [0.15, 0.2) is 77.8 Å². The van der Waals surface area contributed by atoms with E-state index in [4.69, 9.17) is 9.47 Å². The summed E-state index contributed by atoms with van der Waals surface area (Å²) in [5, 5.41) is 12.4. The van der Waals surface area contributed by atoms with E-state index in [1.165, 1.54) is 11.3 Å². The number of carbonyl (C=O) groups is 3. The quantitative estimate of drug-likeness (QED) is 0.106. The number of thiazole rings is 2. The first-order valence-corrected chi connectivity index (χ1v) is 20.4. The van der Waals surface area contributed by atoms with Crippen molar-refractivity contribution in [2.45, 2.75) is 83.1 Å². The summed E-state index contributed by atoms with van der Waals surface area (Å²) in [5.41, 5.74) is 4.70. The second kappa shape index (κ2) is 21.5. The Labute approximate surface area is 326 Å². The van der Waals surface area contributed by atoms with Crippen LogP contribution in [0.4, 0.5) is 9.59 Å². The highest BCUT2D eigenvalue weighted by Crippen LogP contribution is 2.20. The largest absolute Gasteiger partial charge is 0.444 e. The number of amides is 4. The topological polar surface area (TPSA) is 138 Å². The number of morpholine rings is 1. The maximum Gasteiger partial charge on any atom is 0.407 e. The zero-order chi connectivity index (χ0) is 38.1. The van der Waals surface area contributed by atoms with Crippen LogP contribution in [0.1, 0.15) is 65.7 Å². The van der Waals surface area contributed by atoms with Crippen LogP contribution in [-0.2, 0) is 40.3 Å². The lowest BCUT2D eigenvalue weighted by atomic mass is 9.95. The van der Waals surface area contributed by atoms with Gasteiger partial charge in [0.2, 0.25) is 5.91 Å². The molecule has 3 N–H and O–H groups in total. The molecule has 0 radical (unpaired) electrons. The van der Waals surface area contributed by atoms with Crippen molar-refractivity contribution in [2.75, 3.05) is 39.9 Å². The molecule has 3 heterocycles. The van der Waals surface area contributed by atoms with E-state index in [-0.39, 0.29) is 30.6 Å². The summed E-state index contributed by atoms with van der Waals surface area (Å²) in [6, 6.07) is 18.4. The molecule has 0 saturated carbocycles. The monoisotopic (exact) mass is 775 g/mol. The van der Waals surface area contributed by atoms with Gasteiger partial charge >= 0.3 is 12.1 Å². The van der Waals surface area contributed by atoms with Crippen LogP contribution in [0.5, 0.6) is 0 Å². The van der Waals surface area contributed by atoms with Crippen molar-refractivity contribution in [3.8, 4) is 0 Å². The highest BCUT2D eigenvalue weighted by atomic mass is 32.1.